The van der Waals surface area contributed by atoms with Crippen LogP contribution in [-0.4, -0.2) is 15.0 Å². The van der Waals surface area contributed by atoms with E-state index in [1.165, 1.54) is 48.0 Å². The maximum atomic E-state index is 6.61. The monoisotopic (exact) mass is 863 g/mol. The minimum absolute atomic E-state index is 0.164. The van der Waals surface area contributed by atoms with Crippen LogP contribution >= 0.6 is 11.3 Å². The molecule has 0 saturated heterocycles. The first-order chi connectivity index (χ1) is 32.4. The molecule has 4 heterocycles. The third kappa shape index (κ3) is 5.55. The lowest BCUT2D eigenvalue weighted by atomic mass is 9.82. The van der Waals surface area contributed by atoms with Gasteiger partial charge in [-0.1, -0.05) is 141 Å². The van der Waals surface area contributed by atoms with E-state index < -0.39 is 0 Å². The lowest BCUT2D eigenvalue weighted by Crippen LogP contribution is -2.15. The van der Waals surface area contributed by atoms with Gasteiger partial charge in [-0.25, -0.2) is 15.0 Å². The number of hydrogen-bond donors (Lipinski definition) is 0. The van der Waals surface area contributed by atoms with E-state index in [1.54, 1.807) is 0 Å². The molecule has 0 aliphatic heterocycles. The number of furan rings is 2. The second kappa shape index (κ2) is 13.9. The van der Waals surface area contributed by atoms with Crippen molar-refractivity contribution < 1.29 is 8.83 Å². The summed E-state index contributed by atoms with van der Waals surface area (Å²) in [4.78, 5) is 15.6. The molecule has 0 fully saturated rings. The fraction of sp³-hybridized carbons (Fsp3) is 0.0500. The molecule has 1 aliphatic carbocycles. The fourth-order valence-electron chi connectivity index (χ4n) is 10.5. The van der Waals surface area contributed by atoms with Crippen LogP contribution in [0.15, 0.2) is 197 Å². The topological polar surface area (TPSA) is 65.0 Å². The third-order valence-corrected chi connectivity index (χ3v) is 14.9. The Balaban J connectivity index is 0.924. The molecule has 0 radical (unpaired) electrons. The minimum Gasteiger partial charge on any atom is -0.456 e. The molecule has 0 amide bonds. The summed E-state index contributed by atoms with van der Waals surface area (Å²) in [6.07, 6.45) is 0. The number of rotatable bonds is 5. The van der Waals surface area contributed by atoms with Crippen LogP contribution in [0.2, 0.25) is 0 Å². The van der Waals surface area contributed by atoms with Crippen LogP contribution in [0.3, 0.4) is 0 Å². The van der Waals surface area contributed by atoms with E-state index in [4.69, 9.17) is 23.8 Å². The Morgan fingerprint density at radius 2 is 0.909 bits per heavy atom. The van der Waals surface area contributed by atoms with Crippen molar-refractivity contribution in [2.45, 2.75) is 19.3 Å². The van der Waals surface area contributed by atoms with E-state index in [9.17, 15) is 0 Å². The van der Waals surface area contributed by atoms with E-state index in [0.717, 1.165) is 77.3 Å². The van der Waals surface area contributed by atoms with Crippen LogP contribution in [0.25, 0.3) is 132 Å². The Kier molecular flexibility index (Phi) is 7.84. The predicted octanol–water partition coefficient (Wildman–Crippen LogP) is 16.7. The molecule has 5 nitrogen and oxygen atoms in total. The molecule has 14 rings (SSSR count). The molecule has 9 aromatic carbocycles. The largest absolute Gasteiger partial charge is 0.456 e. The van der Waals surface area contributed by atoms with Gasteiger partial charge in [0.1, 0.15) is 22.3 Å². The number of hydrogen-bond acceptors (Lipinski definition) is 6. The summed E-state index contributed by atoms with van der Waals surface area (Å²) in [5, 5.41) is 6.69. The van der Waals surface area contributed by atoms with Crippen molar-refractivity contribution in [1.82, 2.24) is 15.0 Å². The molecular formula is C60H37N3O2S. The lowest BCUT2D eigenvalue weighted by molar-refractivity contribution is 0.660. The highest BCUT2D eigenvalue weighted by atomic mass is 32.1. The van der Waals surface area contributed by atoms with Crippen molar-refractivity contribution in [3.8, 4) is 67.5 Å². The highest BCUT2D eigenvalue weighted by molar-refractivity contribution is 7.25. The van der Waals surface area contributed by atoms with Crippen LogP contribution in [0, 0.1) is 0 Å². The molecule has 0 spiro atoms. The first-order valence-corrected chi connectivity index (χ1v) is 23.1. The first kappa shape index (κ1) is 37.2. The number of aromatic nitrogens is 3. The van der Waals surface area contributed by atoms with Crippen LogP contribution < -0.4 is 0 Å². The van der Waals surface area contributed by atoms with E-state index in [0.29, 0.717) is 17.5 Å². The summed E-state index contributed by atoms with van der Waals surface area (Å²) in [7, 11) is 0. The summed E-state index contributed by atoms with van der Waals surface area (Å²) in [6.45, 7) is 4.60. The van der Waals surface area contributed by atoms with Gasteiger partial charge < -0.3 is 8.83 Å². The van der Waals surface area contributed by atoms with Gasteiger partial charge in [-0.2, -0.15) is 0 Å². The zero-order valence-electron chi connectivity index (χ0n) is 36.0. The Bertz CT molecular complexity index is 4160. The van der Waals surface area contributed by atoms with Gasteiger partial charge in [0.15, 0.2) is 17.5 Å². The van der Waals surface area contributed by atoms with Crippen LogP contribution in [0.1, 0.15) is 25.0 Å². The average Bonchev–Trinajstić information content (AvgIpc) is 4.11. The van der Waals surface area contributed by atoms with Gasteiger partial charge in [0, 0.05) is 63.8 Å². The molecule has 0 N–H and O–H groups in total. The van der Waals surface area contributed by atoms with E-state index >= 15 is 0 Å². The van der Waals surface area contributed by atoms with E-state index in [-0.39, 0.29) is 5.41 Å². The van der Waals surface area contributed by atoms with Gasteiger partial charge in [-0.3, -0.25) is 0 Å². The Morgan fingerprint density at radius 1 is 0.348 bits per heavy atom. The van der Waals surface area contributed by atoms with Crippen molar-refractivity contribution in [3.63, 3.8) is 0 Å². The van der Waals surface area contributed by atoms with Crippen molar-refractivity contribution in [2.24, 2.45) is 0 Å². The smallest absolute Gasteiger partial charge is 0.164 e. The van der Waals surface area contributed by atoms with Crippen molar-refractivity contribution in [2.75, 3.05) is 0 Å². The number of nitrogens with zero attached hydrogens (tertiary/aromatic N) is 3. The van der Waals surface area contributed by atoms with E-state index in [2.05, 4.69) is 172 Å². The highest BCUT2D eigenvalue weighted by Gasteiger charge is 2.35. The summed E-state index contributed by atoms with van der Waals surface area (Å²) in [6, 6.07) is 66.6. The first-order valence-electron chi connectivity index (χ1n) is 22.3. The summed E-state index contributed by atoms with van der Waals surface area (Å²) >= 11 is 1.84. The summed E-state index contributed by atoms with van der Waals surface area (Å²) in [5.41, 5.74) is 15.5. The standard InChI is InChI=1S/C60H37N3O2S/c1-60(2)47-18-8-6-14-40(47)41-26-22-38(33-48(41)60)58-61-57(34-12-4-3-5-13-34)62-59(63-58)43-17-11-20-52-56(43)46-32-37(24-28-50(46)65-52)39-16-10-19-51-55(39)45-31-35(23-27-49(45)64-51)36-25-29-54-44(30-36)42-15-7-9-21-53(42)66-54/h3-33H,1-2H3. The number of thiophene rings is 1. The summed E-state index contributed by atoms with van der Waals surface area (Å²) in [5.74, 6) is 1.83. The van der Waals surface area contributed by atoms with Crippen LogP contribution in [0.4, 0.5) is 0 Å². The minimum atomic E-state index is -0.164. The van der Waals surface area contributed by atoms with Crippen LogP contribution in [-0.2, 0) is 5.41 Å². The lowest BCUT2D eigenvalue weighted by Gasteiger charge is -2.21. The molecule has 0 bridgehead atoms. The molecule has 66 heavy (non-hydrogen) atoms. The quantitative estimate of drug-likeness (QED) is 0.172. The van der Waals surface area contributed by atoms with E-state index in [1.807, 2.05) is 41.7 Å². The molecule has 4 aromatic heterocycles. The Hall–Kier alpha value is -8.19. The maximum Gasteiger partial charge on any atom is 0.164 e. The molecule has 0 atom stereocenters. The Morgan fingerprint density at radius 3 is 1.71 bits per heavy atom. The molecule has 1 aliphatic rings. The zero-order valence-corrected chi connectivity index (χ0v) is 36.8. The fourth-order valence-corrected chi connectivity index (χ4v) is 11.6. The van der Waals surface area contributed by atoms with Gasteiger partial charge in [0.2, 0.25) is 0 Å². The number of fused-ring (bicyclic) bond motifs is 12. The zero-order chi connectivity index (χ0) is 43.7. The number of benzene rings is 9. The van der Waals surface area contributed by atoms with Crippen molar-refractivity contribution in [1.29, 1.82) is 0 Å². The molecule has 13 aromatic rings. The molecule has 6 heteroatoms. The van der Waals surface area contributed by atoms with Gasteiger partial charge in [0.25, 0.3) is 0 Å². The Labute approximate surface area is 383 Å². The second-order valence-electron chi connectivity index (χ2n) is 17.9. The molecule has 0 unspecified atom stereocenters. The maximum absolute atomic E-state index is 6.61. The molecule has 0 saturated carbocycles. The predicted molar refractivity (Wildman–Crippen MR) is 272 cm³/mol. The second-order valence-corrected chi connectivity index (χ2v) is 19.0. The normalized spacial score (nSPS) is 13.1. The molecule has 310 valence electrons. The highest BCUT2D eigenvalue weighted by Crippen LogP contribution is 2.50. The van der Waals surface area contributed by atoms with Crippen molar-refractivity contribution in [3.05, 3.63) is 199 Å². The third-order valence-electron chi connectivity index (χ3n) is 13.8. The average molecular weight is 864 g/mol. The molecular weight excluding hydrogens is 827 g/mol. The van der Waals surface area contributed by atoms with Gasteiger partial charge in [-0.05, 0) is 105 Å². The van der Waals surface area contributed by atoms with Gasteiger partial charge in [-0.15, -0.1) is 11.3 Å². The SMILES string of the molecule is CC1(C)c2ccccc2-c2ccc(-c3nc(-c4ccccc4)nc(-c4cccc5oc6ccc(-c7cccc8oc9ccc(-c%10ccc%11sc%12ccccc%12c%11c%10)cc9c78)cc6c45)n3)cc21. The van der Waals surface area contributed by atoms with Crippen LogP contribution in [0.5, 0.6) is 0 Å². The summed E-state index contributed by atoms with van der Waals surface area (Å²) < 4.78 is 15.8. The van der Waals surface area contributed by atoms with Gasteiger partial charge >= 0.3 is 0 Å². The van der Waals surface area contributed by atoms with Crippen molar-refractivity contribution >= 4 is 75.4 Å². The van der Waals surface area contributed by atoms with Gasteiger partial charge in [0.05, 0.1) is 0 Å².